The fourth-order valence-electron chi connectivity index (χ4n) is 2.24. The molecule has 3 rings (SSSR count). The highest BCUT2D eigenvalue weighted by molar-refractivity contribution is 5.50. The van der Waals surface area contributed by atoms with Crippen LogP contribution in [0.2, 0.25) is 0 Å². The van der Waals surface area contributed by atoms with Crippen molar-refractivity contribution in [2.45, 2.75) is 32.5 Å². The normalized spacial score (nSPS) is 15.6. The SMILES string of the molecule is CC1(C)Cc2cccc(Oc3ncc(CO)cn3)c2O1. The molecule has 1 aliphatic heterocycles. The molecule has 0 fully saturated rings. The summed E-state index contributed by atoms with van der Waals surface area (Å²) in [4.78, 5) is 8.12. The number of nitrogens with zero attached hydrogens (tertiary/aromatic N) is 2. The van der Waals surface area contributed by atoms with Gasteiger partial charge in [0.1, 0.15) is 5.60 Å². The molecule has 0 saturated carbocycles. The number of benzene rings is 1. The van der Waals surface area contributed by atoms with E-state index in [-0.39, 0.29) is 18.2 Å². The molecule has 0 spiro atoms. The fraction of sp³-hybridized carbons (Fsp3) is 0.333. The van der Waals surface area contributed by atoms with E-state index in [0.29, 0.717) is 11.3 Å². The standard InChI is InChI=1S/C15H16N2O3/c1-15(2)6-11-4-3-5-12(13(11)20-15)19-14-16-7-10(9-18)8-17-14/h3-5,7-8,18H,6,9H2,1-2H3. The second kappa shape index (κ2) is 4.76. The van der Waals surface area contributed by atoms with Crippen LogP contribution >= 0.6 is 0 Å². The summed E-state index contributed by atoms with van der Waals surface area (Å²) < 4.78 is 11.6. The van der Waals surface area contributed by atoms with E-state index in [2.05, 4.69) is 9.97 Å². The third kappa shape index (κ3) is 2.44. The minimum Gasteiger partial charge on any atom is -0.483 e. The van der Waals surface area contributed by atoms with E-state index in [0.717, 1.165) is 17.7 Å². The van der Waals surface area contributed by atoms with Crippen molar-refractivity contribution in [1.82, 2.24) is 9.97 Å². The van der Waals surface area contributed by atoms with Gasteiger partial charge in [0.15, 0.2) is 11.5 Å². The van der Waals surface area contributed by atoms with Gasteiger partial charge in [-0.25, -0.2) is 9.97 Å². The van der Waals surface area contributed by atoms with Crippen molar-refractivity contribution in [1.29, 1.82) is 0 Å². The Bertz CT molecular complexity index is 624. The van der Waals surface area contributed by atoms with Crippen molar-refractivity contribution < 1.29 is 14.6 Å². The van der Waals surface area contributed by atoms with Gasteiger partial charge in [0, 0.05) is 29.9 Å². The monoisotopic (exact) mass is 272 g/mol. The van der Waals surface area contributed by atoms with E-state index in [1.807, 2.05) is 32.0 Å². The first-order valence-corrected chi connectivity index (χ1v) is 6.48. The minimum absolute atomic E-state index is 0.0850. The van der Waals surface area contributed by atoms with E-state index >= 15 is 0 Å². The van der Waals surface area contributed by atoms with E-state index in [1.54, 1.807) is 0 Å². The van der Waals surface area contributed by atoms with Gasteiger partial charge >= 0.3 is 6.01 Å². The lowest BCUT2D eigenvalue weighted by molar-refractivity contribution is 0.134. The summed E-state index contributed by atoms with van der Waals surface area (Å²) in [6, 6.07) is 6.04. The Kier molecular flexibility index (Phi) is 3.06. The van der Waals surface area contributed by atoms with Gasteiger partial charge in [-0.1, -0.05) is 12.1 Å². The van der Waals surface area contributed by atoms with Gasteiger partial charge in [0.25, 0.3) is 0 Å². The number of hydrogen-bond donors (Lipinski definition) is 1. The number of para-hydroxylation sites is 1. The van der Waals surface area contributed by atoms with E-state index in [9.17, 15) is 0 Å². The van der Waals surface area contributed by atoms with Gasteiger partial charge in [-0.2, -0.15) is 0 Å². The van der Waals surface area contributed by atoms with Crippen molar-refractivity contribution in [2.75, 3.05) is 0 Å². The molecule has 1 aromatic carbocycles. The van der Waals surface area contributed by atoms with Crippen LogP contribution in [0, 0.1) is 0 Å². The molecule has 104 valence electrons. The van der Waals surface area contributed by atoms with Crippen LogP contribution in [0.1, 0.15) is 25.0 Å². The van der Waals surface area contributed by atoms with Crippen LogP contribution in [-0.2, 0) is 13.0 Å². The van der Waals surface area contributed by atoms with Crippen molar-refractivity contribution in [2.24, 2.45) is 0 Å². The third-order valence-electron chi connectivity index (χ3n) is 3.12. The third-order valence-corrected chi connectivity index (χ3v) is 3.12. The number of fused-ring (bicyclic) bond motifs is 1. The first kappa shape index (κ1) is 12.9. The molecular weight excluding hydrogens is 256 g/mol. The lowest BCUT2D eigenvalue weighted by Crippen LogP contribution is -2.24. The molecule has 2 aromatic rings. The Morgan fingerprint density at radius 2 is 2.05 bits per heavy atom. The molecule has 0 saturated heterocycles. The van der Waals surface area contributed by atoms with Gasteiger partial charge in [-0.05, 0) is 19.9 Å². The second-order valence-electron chi connectivity index (χ2n) is 5.42. The zero-order valence-corrected chi connectivity index (χ0v) is 11.5. The maximum atomic E-state index is 8.96. The lowest BCUT2D eigenvalue weighted by atomic mass is 10.0. The minimum atomic E-state index is -0.219. The highest BCUT2D eigenvalue weighted by Gasteiger charge is 2.32. The van der Waals surface area contributed by atoms with Crippen LogP contribution in [-0.4, -0.2) is 20.7 Å². The molecule has 0 amide bonds. The fourth-order valence-corrected chi connectivity index (χ4v) is 2.24. The summed E-state index contributed by atoms with van der Waals surface area (Å²) in [6.07, 6.45) is 3.93. The Morgan fingerprint density at radius 3 is 2.75 bits per heavy atom. The van der Waals surface area contributed by atoms with Crippen LogP contribution in [0.4, 0.5) is 0 Å². The molecule has 2 heterocycles. The summed E-state index contributed by atoms with van der Waals surface area (Å²) in [6.45, 7) is 4.00. The number of ether oxygens (including phenoxy) is 2. The first-order valence-electron chi connectivity index (χ1n) is 6.48. The number of rotatable bonds is 3. The molecule has 5 heteroatoms. The van der Waals surface area contributed by atoms with Gasteiger partial charge < -0.3 is 14.6 Å². The van der Waals surface area contributed by atoms with E-state index in [1.165, 1.54) is 12.4 Å². The first-order chi connectivity index (χ1) is 9.57. The molecule has 0 bridgehead atoms. The number of aromatic nitrogens is 2. The van der Waals surface area contributed by atoms with Crippen molar-refractivity contribution in [3.63, 3.8) is 0 Å². The Balaban J connectivity index is 1.87. The van der Waals surface area contributed by atoms with Gasteiger partial charge in [-0.3, -0.25) is 0 Å². The Morgan fingerprint density at radius 1 is 1.30 bits per heavy atom. The Hall–Kier alpha value is -2.14. The molecule has 0 atom stereocenters. The van der Waals surface area contributed by atoms with Crippen molar-refractivity contribution >= 4 is 0 Å². The molecule has 1 N–H and O–H groups in total. The molecule has 5 nitrogen and oxygen atoms in total. The molecule has 0 aliphatic carbocycles. The molecule has 0 unspecified atom stereocenters. The van der Waals surface area contributed by atoms with E-state index in [4.69, 9.17) is 14.6 Å². The van der Waals surface area contributed by atoms with Crippen LogP contribution in [0.3, 0.4) is 0 Å². The maximum Gasteiger partial charge on any atom is 0.322 e. The summed E-state index contributed by atoms with van der Waals surface area (Å²) >= 11 is 0. The average molecular weight is 272 g/mol. The number of hydrogen-bond acceptors (Lipinski definition) is 5. The summed E-state index contributed by atoms with van der Waals surface area (Å²) in [5.41, 5.74) is 1.55. The highest BCUT2D eigenvalue weighted by Crippen LogP contribution is 2.42. The second-order valence-corrected chi connectivity index (χ2v) is 5.42. The molecule has 1 aliphatic rings. The van der Waals surface area contributed by atoms with Gasteiger partial charge in [0.2, 0.25) is 0 Å². The van der Waals surface area contributed by atoms with Crippen LogP contribution in [0.5, 0.6) is 17.5 Å². The zero-order valence-electron chi connectivity index (χ0n) is 11.5. The zero-order chi connectivity index (χ0) is 14.2. The molecular formula is C15H16N2O3. The average Bonchev–Trinajstić information content (AvgIpc) is 2.75. The maximum absolute atomic E-state index is 8.96. The number of aliphatic hydroxyl groups excluding tert-OH is 1. The summed E-state index contributed by atoms with van der Waals surface area (Å²) in [5, 5.41) is 8.96. The van der Waals surface area contributed by atoms with Crippen LogP contribution in [0.25, 0.3) is 0 Å². The van der Waals surface area contributed by atoms with Crippen LogP contribution < -0.4 is 9.47 Å². The predicted octanol–water partition coefficient (Wildman–Crippen LogP) is 2.47. The molecule has 1 aromatic heterocycles. The van der Waals surface area contributed by atoms with E-state index < -0.39 is 0 Å². The van der Waals surface area contributed by atoms with Gasteiger partial charge in [0.05, 0.1) is 6.61 Å². The van der Waals surface area contributed by atoms with Crippen molar-refractivity contribution in [3.05, 3.63) is 41.7 Å². The summed E-state index contributed by atoms with van der Waals surface area (Å²) in [5.74, 6) is 1.37. The van der Waals surface area contributed by atoms with Crippen LogP contribution in [0.15, 0.2) is 30.6 Å². The largest absolute Gasteiger partial charge is 0.483 e. The molecule has 0 radical (unpaired) electrons. The van der Waals surface area contributed by atoms with Gasteiger partial charge in [-0.15, -0.1) is 0 Å². The Labute approximate surface area is 117 Å². The van der Waals surface area contributed by atoms with Crippen molar-refractivity contribution in [3.8, 4) is 17.5 Å². The summed E-state index contributed by atoms with van der Waals surface area (Å²) in [7, 11) is 0. The smallest absolute Gasteiger partial charge is 0.322 e. The quantitative estimate of drug-likeness (QED) is 0.929. The molecule has 20 heavy (non-hydrogen) atoms. The highest BCUT2D eigenvalue weighted by atomic mass is 16.5. The topological polar surface area (TPSA) is 64.5 Å². The predicted molar refractivity (Wildman–Crippen MR) is 72.9 cm³/mol. The number of aliphatic hydroxyl groups is 1. The lowest BCUT2D eigenvalue weighted by Gasteiger charge is -2.17.